The van der Waals surface area contributed by atoms with E-state index in [9.17, 15) is 13.6 Å². The molecule has 1 aliphatic heterocycles. The molecule has 154 valence electrons. The second-order valence-electron chi connectivity index (χ2n) is 7.03. The molecule has 0 radical (unpaired) electrons. The molecule has 0 saturated carbocycles. The van der Waals surface area contributed by atoms with E-state index in [0.717, 1.165) is 5.56 Å². The van der Waals surface area contributed by atoms with Gasteiger partial charge in [-0.15, -0.1) is 0 Å². The van der Waals surface area contributed by atoms with Gasteiger partial charge in [-0.1, -0.05) is 48.0 Å². The summed E-state index contributed by atoms with van der Waals surface area (Å²) >= 11 is 6.18. The van der Waals surface area contributed by atoms with E-state index in [2.05, 4.69) is 0 Å². The summed E-state index contributed by atoms with van der Waals surface area (Å²) in [4.78, 5) is 11.7. The van der Waals surface area contributed by atoms with E-state index in [4.69, 9.17) is 26.8 Å². The second kappa shape index (κ2) is 7.95. The highest BCUT2D eigenvalue weighted by atomic mass is 35.5. The van der Waals surface area contributed by atoms with Crippen molar-refractivity contribution in [2.75, 3.05) is 0 Å². The second-order valence-corrected chi connectivity index (χ2v) is 7.47. The molecule has 1 aliphatic rings. The molecule has 4 rings (SSSR count). The summed E-state index contributed by atoms with van der Waals surface area (Å²) in [6.07, 6.45) is -0.548. The molecule has 2 atom stereocenters. The van der Waals surface area contributed by atoms with E-state index in [1.807, 2.05) is 18.2 Å². The maximum Gasteiger partial charge on any atom is 0.387 e. The van der Waals surface area contributed by atoms with Crippen LogP contribution in [0.5, 0.6) is 11.5 Å². The molecule has 7 heteroatoms. The molecular weight excluding hydrogens is 412 g/mol. The lowest BCUT2D eigenvalue weighted by atomic mass is 9.86. The summed E-state index contributed by atoms with van der Waals surface area (Å²) in [5.41, 5.74) is 8.79. The Morgan fingerprint density at radius 1 is 1.13 bits per heavy atom. The Morgan fingerprint density at radius 3 is 2.60 bits per heavy atom. The summed E-state index contributed by atoms with van der Waals surface area (Å²) in [5, 5.41) is 0.542. The summed E-state index contributed by atoms with van der Waals surface area (Å²) < 4.78 is 36.9. The van der Waals surface area contributed by atoms with Crippen molar-refractivity contribution in [3.05, 3.63) is 82.4 Å². The van der Waals surface area contributed by atoms with Gasteiger partial charge in [-0.25, -0.2) is 0 Å². The lowest BCUT2D eigenvalue weighted by Gasteiger charge is -2.31. The quantitative estimate of drug-likeness (QED) is 0.567. The Hall–Kier alpha value is -3.12. The number of rotatable bonds is 5. The third kappa shape index (κ3) is 3.71. The molecule has 1 heterocycles. The number of halogens is 3. The number of hydrogen-bond acceptors (Lipinski definition) is 3. The number of primary amides is 1. The summed E-state index contributed by atoms with van der Waals surface area (Å²) in [6, 6.07) is 17.3. The van der Waals surface area contributed by atoms with Crippen LogP contribution in [0, 0.1) is 0 Å². The summed E-state index contributed by atoms with van der Waals surface area (Å²) in [5.74, 6) is -0.553. The minimum absolute atomic E-state index is 0.0176. The molecule has 2 unspecified atom stereocenters. The number of hydrogen-bond donors (Lipinski definition) is 1. The molecule has 1 amide bonds. The fraction of sp³-hybridized carbons (Fsp3) is 0.174. The van der Waals surface area contributed by atoms with E-state index in [-0.39, 0.29) is 5.75 Å². The SMILES string of the molecule is CC(C(N)=O)c1ccc2c(c1)C(c1cccc(Cl)c1)Oc1cccc(OC(F)F)c1-2. The number of carbonyl (C=O) groups is 1. The molecule has 2 N–H and O–H groups in total. The van der Waals surface area contributed by atoms with Crippen molar-refractivity contribution in [3.63, 3.8) is 0 Å². The van der Waals surface area contributed by atoms with Crippen LogP contribution in [0.3, 0.4) is 0 Å². The van der Waals surface area contributed by atoms with Gasteiger partial charge in [0.2, 0.25) is 5.91 Å². The van der Waals surface area contributed by atoms with Crippen LogP contribution in [-0.4, -0.2) is 12.5 Å². The van der Waals surface area contributed by atoms with E-state index in [1.165, 1.54) is 6.07 Å². The van der Waals surface area contributed by atoms with Crippen LogP contribution >= 0.6 is 11.6 Å². The molecule has 0 saturated heterocycles. The van der Waals surface area contributed by atoms with Crippen LogP contribution in [0.4, 0.5) is 8.78 Å². The van der Waals surface area contributed by atoms with Crippen LogP contribution in [0.1, 0.15) is 35.6 Å². The zero-order valence-electron chi connectivity index (χ0n) is 15.9. The molecule has 3 aromatic rings. The first-order valence-electron chi connectivity index (χ1n) is 9.28. The number of fused-ring (bicyclic) bond motifs is 3. The van der Waals surface area contributed by atoms with Crippen LogP contribution in [0.25, 0.3) is 11.1 Å². The van der Waals surface area contributed by atoms with Gasteiger partial charge in [0.15, 0.2) is 0 Å². The zero-order valence-corrected chi connectivity index (χ0v) is 16.7. The largest absolute Gasteiger partial charge is 0.480 e. The number of ether oxygens (including phenoxy) is 2. The van der Waals surface area contributed by atoms with Gasteiger partial charge in [0.1, 0.15) is 17.6 Å². The minimum atomic E-state index is -2.97. The fourth-order valence-electron chi connectivity index (χ4n) is 3.64. The first-order chi connectivity index (χ1) is 14.3. The summed E-state index contributed by atoms with van der Waals surface area (Å²) in [6.45, 7) is -1.26. The van der Waals surface area contributed by atoms with Crippen molar-refractivity contribution < 1.29 is 23.0 Å². The average Bonchev–Trinajstić information content (AvgIpc) is 2.71. The topological polar surface area (TPSA) is 61.6 Å². The van der Waals surface area contributed by atoms with E-state index in [1.54, 1.807) is 43.3 Å². The van der Waals surface area contributed by atoms with Gasteiger partial charge >= 0.3 is 6.61 Å². The van der Waals surface area contributed by atoms with Crippen LogP contribution in [0.15, 0.2) is 60.7 Å². The Bertz CT molecular complexity index is 1120. The standard InChI is InChI=1S/C23H18ClF2NO3/c1-12(22(27)28)13-8-9-16-17(11-13)21(14-4-2-5-15(24)10-14)29-18-6-3-7-19(20(16)18)30-23(25)26/h2-12,21,23H,1H3,(H2,27,28). The maximum absolute atomic E-state index is 13.0. The molecule has 0 aromatic heterocycles. The highest BCUT2D eigenvalue weighted by Crippen LogP contribution is 2.49. The van der Waals surface area contributed by atoms with Crippen molar-refractivity contribution in [2.24, 2.45) is 5.73 Å². The summed E-state index contributed by atoms with van der Waals surface area (Å²) in [7, 11) is 0. The number of amides is 1. The molecule has 0 bridgehead atoms. The normalized spacial score (nSPS) is 15.7. The first kappa shape index (κ1) is 20.2. The average molecular weight is 430 g/mol. The van der Waals surface area contributed by atoms with E-state index < -0.39 is 24.5 Å². The number of carbonyl (C=O) groups excluding carboxylic acids is 1. The lowest BCUT2D eigenvalue weighted by Crippen LogP contribution is -2.20. The predicted octanol–water partition coefficient (Wildman–Crippen LogP) is 5.68. The van der Waals surface area contributed by atoms with Crippen molar-refractivity contribution in [1.29, 1.82) is 0 Å². The fourth-order valence-corrected chi connectivity index (χ4v) is 3.83. The maximum atomic E-state index is 13.0. The van der Waals surface area contributed by atoms with Crippen molar-refractivity contribution in [2.45, 2.75) is 25.6 Å². The Morgan fingerprint density at radius 2 is 1.90 bits per heavy atom. The van der Waals surface area contributed by atoms with Gasteiger partial charge in [-0.2, -0.15) is 8.78 Å². The van der Waals surface area contributed by atoms with Crippen LogP contribution in [-0.2, 0) is 4.79 Å². The number of benzene rings is 3. The van der Waals surface area contributed by atoms with Gasteiger partial charge in [0, 0.05) is 10.6 Å². The third-order valence-electron chi connectivity index (χ3n) is 5.15. The van der Waals surface area contributed by atoms with Crippen molar-refractivity contribution >= 4 is 17.5 Å². The molecular formula is C23H18ClF2NO3. The molecule has 3 aromatic carbocycles. The van der Waals surface area contributed by atoms with Gasteiger partial charge < -0.3 is 15.2 Å². The smallest absolute Gasteiger partial charge is 0.387 e. The van der Waals surface area contributed by atoms with Gasteiger partial charge in [-0.3, -0.25) is 4.79 Å². The minimum Gasteiger partial charge on any atom is -0.480 e. The Kier molecular flexibility index (Phi) is 5.35. The third-order valence-corrected chi connectivity index (χ3v) is 5.39. The van der Waals surface area contributed by atoms with Gasteiger partial charge in [0.05, 0.1) is 11.5 Å². The van der Waals surface area contributed by atoms with E-state index in [0.29, 0.717) is 33.0 Å². The monoisotopic (exact) mass is 429 g/mol. The van der Waals surface area contributed by atoms with Gasteiger partial charge in [0.25, 0.3) is 0 Å². The molecule has 0 aliphatic carbocycles. The molecule has 0 fully saturated rings. The molecule has 4 nitrogen and oxygen atoms in total. The highest BCUT2D eigenvalue weighted by molar-refractivity contribution is 6.30. The van der Waals surface area contributed by atoms with E-state index >= 15 is 0 Å². The number of alkyl halides is 2. The molecule has 30 heavy (non-hydrogen) atoms. The zero-order chi connectivity index (χ0) is 21.4. The molecule has 0 spiro atoms. The Labute approximate surface area is 177 Å². The predicted molar refractivity (Wildman–Crippen MR) is 110 cm³/mol. The van der Waals surface area contributed by atoms with Crippen LogP contribution < -0.4 is 15.2 Å². The first-order valence-corrected chi connectivity index (χ1v) is 9.66. The van der Waals surface area contributed by atoms with Gasteiger partial charge in [-0.05, 0) is 47.9 Å². The number of nitrogens with two attached hydrogens (primary N) is 1. The van der Waals surface area contributed by atoms with Crippen molar-refractivity contribution in [3.8, 4) is 22.6 Å². The highest BCUT2D eigenvalue weighted by Gasteiger charge is 2.31. The lowest BCUT2D eigenvalue weighted by molar-refractivity contribution is -0.119. The van der Waals surface area contributed by atoms with Crippen LogP contribution in [0.2, 0.25) is 5.02 Å². The Balaban J connectivity index is 1.93. The van der Waals surface area contributed by atoms with Crippen molar-refractivity contribution in [1.82, 2.24) is 0 Å².